The molecular formula is C22H23N3O5. The third-order valence-corrected chi connectivity index (χ3v) is 4.35. The maximum atomic E-state index is 12.4. The fraction of sp³-hybridized carbons (Fsp3) is 0.273. The van der Waals surface area contributed by atoms with E-state index in [0.717, 1.165) is 0 Å². The molecule has 2 N–H and O–H groups in total. The molecule has 1 aromatic heterocycles. The molecule has 156 valence electrons. The molecule has 0 aliphatic rings. The van der Waals surface area contributed by atoms with E-state index >= 15 is 0 Å². The van der Waals surface area contributed by atoms with E-state index in [2.05, 4.69) is 15.3 Å². The molecule has 30 heavy (non-hydrogen) atoms. The molecule has 0 aliphatic carbocycles. The van der Waals surface area contributed by atoms with Crippen LogP contribution in [0.4, 0.5) is 5.69 Å². The Morgan fingerprint density at radius 3 is 2.67 bits per heavy atom. The van der Waals surface area contributed by atoms with Crippen LogP contribution in [0.1, 0.15) is 26.1 Å². The Labute approximate surface area is 173 Å². The number of carbonyl (C=O) groups is 2. The van der Waals surface area contributed by atoms with Crippen molar-refractivity contribution in [1.29, 1.82) is 0 Å². The van der Waals surface area contributed by atoms with Gasteiger partial charge < -0.3 is 19.8 Å². The zero-order valence-electron chi connectivity index (χ0n) is 16.8. The van der Waals surface area contributed by atoms with Gasteiger partial charge in [-0.3, -0.25) is 14.4 Å². The fourth-order valence-corrected chi connectivity index (χ4v) is 2.87. The van der Waals surface area contributed by atoms with Crippen LogP contribution in [0.5, 0.6) is 5.75 Å². The van der Waals surface area contributed by atoms with Crippen LogP contribution in [-0.4, -0.2) is 34.6 Å². The smallest absolute Gasteiger partial charge is 0.307 e. The number of ether oxygens (including phenoxy) is 2. The lowest BCUT2D eigenvalue weighted by Gasteiger charge is -2.15. The standard InChI is InChI=1S/C22H23N3O5/c1-3-29-18-11-7-6-10-17(18)24-21(27)14(2)30-20(26)13-12-19-23-16-9-5-4-8-15(16)22(28)25-19/h4-11,14H,3,12-13H2,1-2H3,(H,24,27)(H,23,25,28)/t14-/m0/s1. The monoisotopic (exact) mass is 409 g/mol. The first-order valence-electron chi connectivity index (χ1n) is 9.68. The first-order valence-corrected chi connectivity index (χ1v) is 9.68. The molecule has 0 radical (unpaired) electrons. The number of hydrogen-bond acceptors (Lipinski definition) is 6. The van der Waals surface area contributed by atoms with Gasteiger partial charge in [0.25, 0.3) is 11.5 Å². The Hall–Kier alpha value is -3.68. The highest BCUT2D eigenvalue weighted by atomic mass is 16.5. The molecule has 0 spiro atoms. The van der Waals surface area contributed by atoms with Gasteiger partial charge in [-0.15, -0.1) is 0 Å². The highest BCUT2D eigenvalue weighted by Gasteiger charge is 2.19. The zero-order chi connectivity index (χ0) is 21.5. The summed E-state index contributed by atoms with van der Waals surface area (Å²) in [7, 11) is 0. The molecule has 1 atom stereocenters. The summed E-state index contributed by atoms with van der Waals surface area (Å²) in [5.74, 6) is -0.101. The average Bonchev–Trinajstić information content (AvgIpc) is 2.74. The topological polar surface area (TPSA) is 110 Å². The average molecular weight is 409 g/mol. The predicted octanol–water partition coefficient (Wildman–Crippen LogP) is 2.82. The molecule has 1 heterocycles. The summed E-state index contributed by atoms with van der Waals surface area (Å²) < 4.78 is 10.7. The largest absolute Gasteiger partial charge is 0.492 e. The number of H-pyrrole nitrogens is 1. The molecule has 3 rings (SSSR count). The van der Waals surface area contributed by atoms with E-state index in [0.29, 0.717) is 34.8 Å². The van der Waals surface area contributed by atoms with Gasteiger partial charge in [0, 0.05) is 6.42 Å². The second kappa shape index (κ2) is 9.69. The summed E-state index contributed by atoms with van der Waals surface area (Å²) in [6, 6.07) is 14.0. The minimum atomic E-state index is -0.990. The number of nitrogens with zero attached hydrogens (tertiary/aromatic N) is 1. The fourth-order valence-electron chi connectivity index (χ4n) is 2.87. The number of aryl methyl sites for hydroxylation is 1. The third-order valence-electron chi connectivity index (χ3n) is 4.35. The van der Waals surface area contributed by atoms with Crippen LogP contribution in [0.3, 0.4) is 0 Å². The normalized spacial score (nSPS) is 11.7. The molecular weight excluding hydrogens is 386 g/mol. The van der Waals surface area contributed by atoms with Crippen LogP contribution in [0, 0.1) is 0 Å². The first-order chi connectivity index (χ1) is 14.5. The molecule has 2 aromatic carbocycles. The van der Waals surface area contributed by atoms with Crippen molar-refractivity contribution in [3.05, 3.63) is 64.7 Å². The first kappa shape index (κ1) is 21.0. The van der Waals surface area contributed by atoms with Gasteiger partial charge in [0.1, 0.15) is 11.6 Å². The van der Waals surface area contributed by atoms with Crippen LogP contribution in [0.15, 0.2) is 53.3 Å². The number of hydrogen-bond donors (Lipinski definition) is 2. The van der Waals surface area contributed by atoms with Gasteiger partial charge in [-0.1, -0.05) is 24.3 Å². The molecule has 8 heteroatoms. The van der Waals surface area contributed by atoms with Crippen LogP contribution >= 0.6 is 0 Å². The van der Waals surface area contributed by atoms with Crippen LogP contribution in [0.25, 0.3) is 10.9 Å². The third kappa shape index (κ3) is 5.22. The maximum Gasteiger partial charge on any atom is 0.307 e. The highest BCUT2D eigenvalue weighted by Crippen LogP contribution is 2.24. The van der Waals surface area contributed by atoms with Gasteiger partial charge >= 0.3 is 5.97 Å². The lowest BCUT2D eigenvalue weighted by atomic mass is 10.2. The number of aromatic amines is 1. The summed E-state index contributed by atoms with van der Waals surface area (Å²) in [6.45, 7) is 3.80. The lowest BCUT2D eigenvalue weighted by molar-refractivity contribution is -0.153. The molecule has 0 fully saturated rings. The number of fused-ring (bicyclic) bond motifs is 1. The molecule has 0 bridgehead atoms. The van der Waals surface area contributed by atoms with Crippen LogP contribution in [-0.2, 0) is 20.7 Å². The Morgan fingerprint density at radius 2 is 1.87 bits per heavy atom. The summed E-state index contributed by atoms with van der Waals surface area (Å²) in [4.78, 5) is 43.6. The Bertz CT molecular complexity index is 1110. The van der Waals surface area contributed by atoms with Crippen molar-refractivity contribution in [2.24, 2.45) is 0 Å². The van der Waals surface area contributed by atoms with Gasteiger partial charge in [0.2, 0.25) is 0 Å². The molecule has 0 saturated heterocycles. The molecule has 0 aliphatic heterocycles. The summed E-state index contributed by atoms with van der Waals surface area (Å²) in [5, 5.41) is 3.19. The van der Waals surface area contributed by atoms with E-state index in [1.54, 1.807) is 48.5 Å². The number of benzene rings is 2. The predicted molar refractivity (Wildman–Crippen MR) is 112 cm³/mol. The number of para-hydroxylation sites is 3. The Balaban J connectivity index is 1.56. The number of aromatic nitrogens is 2. The second-order valence-electron chi connectivity index (χ2n) is 6.58. The number of amides is 1. The number of nitrogens with one attached hydrogen (secondary N) is 2. The summed E-state index contributed by atoms with van der Waals surface area (Å²) in [6.07, 6.45) is -0.815. The minimum Gasteiger partial charge on any atom is -0.492 e. The van der Waals surface area contributed by atoms with E-state index in [4.69, 9.17) is 9.47 Å². The lowest BCUT2D eigenvalue weighted by Crippen LogP contribution is -2.30. The maximum absolute atomic E-state index is 12.4. The van der Waals surface area contributed by atoms with Crippen molar-refractivity contribution in [3.63, 3.8) is 0 Å². The minimum absolute atomic E-state index is 0.0194. The van der Waals surface area contributed by atoms with E-state index in [9.17, 15) is 14.4 Å². The quantitative estimate of drug-likeness (QED) is 0.554. The van der Waals surface area contributed by atoms with Crippen molar-refractivity contribution >= 4 is 28.5 Å². The van der Waals surface area contributed by atoms with Gasteiger partial charge in [0.05, 0.1) is 29.6 Å². The SMILES string of the molecule is CCOc1ccccc1NC(=O)[C@H](C)OC(=O)CCc1nc2ccccc2c(=O)[nH]1. The van der Waals surface area contributed by atoms with Crippen LogP contribution in [0.2, 0.25) is 0 Å². The Kier molecular flexibility index (Phi) is 6.79. The van der Waals surface area contributed by atoms with E-state index in [-0.39, 0.29) is 18.4 Å². The molecule has 8 nitrogen and oxygen atoms in total. The summed E-state index contributed by atoms with van der Waals surface area (Å²) in [5.41, 5.74) is 0.806. The number of esters is 1. The molecule has 3 aromatic rings. The second-order valence-corrected chi connectivity index (χ2v) is 6.58. The van der Waals surface area contributed by atoms with Gasteiger partial charge in [-0.25, -0.2) is 4.98 Å². The van der Waals surface area contributed by atoms with Gasteiger partial charge in [-0.05, 0) is 38.1 Å². The number of carbonyl (C=O) groups excluding carboxylic acids is 2. The van der Waals surface area contributed by atoms with Crippen molar-refractivity contribution < 1.29 is 19.1 Å². The van der Waals surface area contributed by atoms with E-state index in [1.807, 2.05) is 6.92 Å². The van der Waals surface area contributed by atoms with E-state index in [1.165, 1.54) is 6.92 Å². The van der Waals surface area contributed by atoms with Crippen molar-refractivity contribution in [2.75, 3.05) is 11.9 Å². The van der Waals surface area contributed by atoms with Crippen molar-refractivity contribution in [1.82, 2.24) is 9.97 Å². The zero-order valence-corrected chi connectivity index (χ0v) is 16.8. The van der Waals surface area contributed by atoms with Crippen LogP contribution < -0.4 is 15.6 Å². The van der Waals surface area contributed by atoms with Gasteiger partial charge in [0.15, 0.2) is 6.10 Å². The number of anilines is 1. The molecule has 0 saturated carbocycles. The highest BCUT2D eigenvalue weighted by molar-refractivity contribution is 5.96. The molecule has 0 unspecified atom stereocenters. The summed E-state index contributed by atoms with van der Waals surface area (Å²) >= 11 is 0. The van der Waals surface area contributed by atoms with E-state index < -0.39 is 18.0 Å². The number of rotatable bonds is 8. The molecule has 1 amide bonds. The Morgan fingerprint density at radius 1 is 1.13 bits per heavy atom. The van der Waals surface area contributed by atoms with Crippen molar-refractivity contribution in [2.45, 2.75) is 32.8 Å². The van der Waals surface area contributed by atoms with Crippen molar-refractivity contribution in [3.8, 4) is 5.75 Å². The van der Waals surface area contributed by atoms with Gasteiger partial charge in [-0.2, -0.15) is 0 Å².